The molecule has 2 aliphatic carbocycles. The molecule has 3 nitrogen and oxygen atoms in total. The summed E-state index contributed by atoms with van der Waals surface area (Å²) in [7, 11) is 0. The van der Waals surface area contributed by atoms with E-state index in [1.165, 1.54) is 32.1 Å². The van der Waals surface area contributed by atoms with Crippen LogP contribution in [-0.2, 0) is 4.79 Å². The Morgan fingerprint density at radius 1 is 1.06 bits per heavy atom. The minimum Gasteiger partial charge on any atom is -0.341 e. The van der Waals surface area contributed by atoms with Crippen molar-refractivity contribution in [2.24, 2.45) is 23.7 Å². The van der Waals surface area contributed by atoms with E-state index < -0.39 is 0 Å². The van der Waals surface area contributed by atoms with E-state index >= 15 is 0 Å². The van der Waals surface area contributed by atoms with Crippen LogP contribution in [0.4, 0.5) is 0 Å². The van der Waals surface area contributed by atoms with E-state index in [1.807, 2.05) is 0 Å². The zero-order chi connectivity index (χ0) is 11.4. The summed E-state index contributed by atoms with van der Waals surface area (Å²) in [6.07, 6.45) is 6.52. The molecule has 4 fully saturated rings. The Labute approximate surface area is 103 Å². The second-order valence-electron chi connectivity index (χ2n) is 6.63. The Morgan fingerprint density at radius 3 is 2.71 bits per heavy atom. The molecule has 0 aromatic carbocycles. The van der Waals surface area contributed by atoms with Gasteiger partial charge < -0.3 is 10.2 Å². The summed E-state index contributed by atoms with van der Waals surface area (Å²) >= 11 is 0. The number of nitrogens with one attached hydrogen (secondary N) is 1. The van der Waals surface area contributed by atoms with Crippen molar-refractivity contribution in [3.63, 3.8) is 0 Å². The van der Waals surface area contributed by atoms with Crippen LogP contribution in [0.3, 0.4) is 0 Å². The van der Waals surface area contributed by atoms with Crippen molar-refractivity contribution >= 4 is 5.91 Å². The Kier molecular flexibility index (Phi) is 2.26. The number of hydrogen-bond acceptors (Lipinski definition) is 2. The van der Waals surface area contributed by atoms with Gasteiger partial charge in [-0.25, -0.2) is 0 Å². The molecular weight excluding hydrogens is 212 g/mol. The standard InChI is InChI=1S/C14H22N2O/c17-14(12-6-9-1-2-10(12)5-9)16-7-11-3-4-15-13(11)8-16/h9-13,15H,1-8H2/t9?,10?,11-,12?,13+/m1/s1. The minimum absolute atomic E-state index is 0.396. The lowest BCUT2D eigenvalue weighted by molar-refractivity contribution is -0.136. The third kappa shape index (κ3) is 1.55. The molecule has 0 spiro atoms. The molecule has 5 atom stereocenters. The molecule has 1 N–H and O–H groups in total. The fourth-order valence-corrected chi connectivity index (χ4v) is 4.81. The predicted octanol–water partition coefficient (Wildman–Crippen LogP) is 1.24. The van der Waals surface area contributed by atoms with Gasteiger partial charge in [0.1, 0.15) is 0 Å². The number of carbonyl (C=O) groups is 1. The molecule has 2 saturated carbocycles. The quantitative estimate of drug-likeness (QED) is 0.740. The average Bonchev–Trinajstić information content (AvgIpc) is 3.06. The highest BCUT2D eigenvalue weighted by Crippen LogP contribution is 2.49. The van der Waals surface area contributed by atoms with Gasteiger partial charge in [-0.1, -0.05) is 6.42 Å². The first-order valence-electron chi connectivity index (χ1n) is 7.33. The number of hydrogen-bond donors (Lipinski definition) is 1. The fraction of sp³-hybridized carbons (Fsp3) is 0.929. The monoisotopic (exact) mass is 234 g/mol. The highest BCUT2D eigenvalue weighted by molar-refractivity contribution is 5.80. The molecule has 4 aliphatic rings. The van der Waals surface area contributed by atoms with Gasteiger partial charge in [0.2, 0.25) is 5.91 Å². The smallest absolute Gasteiger partial charge is 0.226 e. The first kappa shape index (κ1) is 10.4. The van der Waals surface area contributed by atoms with E-state index in [2.05, 4.69) is 10.2 Å². The molecule has 94 valence electrons. The van der Waals surface area contributed by atoms with Gasteiger partial charge in [-0.2, -0.15) is 0 Å². The van der Waals surface area contributed by atoms with Crippen molar-refractivity contribution in [2.45, 2.75) is 38.1 Å². The van der Waals surface area contributed by atoms with Crippen molar-refractivity contribution in [3.05, 3.63) is 0 Å². The summed E-state index contributed by atoms with van der Waals surface area (Å²) in [6.45, 7) is 3.17. The van der Waals surface area contributed by atoms with E-state index in [0.29, 0.717) is 17.9 Å². The summed E-state index contributed by atoms with van der Waals surface area (Å²) in [5.41, 5.74) is 0. The van der Waals surface area contributed by atoms with Crippen LogP contribution < -0.4 is 5.32 Å². The maximum absolute atomic E-state index is 12.6. The lowest BCUT2D eigenvalue weighted by atomic mass is 9.88. The number of carbonyl (C=O) groups excluding carboxylic acids is 1. The number of amides is 1. The molecule has 2 saturated heterocycles. The maximum atomic E-state index is 12.6. The molecule has 0 aromatic rings. The molecule has 0 radical (unpaired) electrons. The van der Waals surface area contributed by atoms with E-state index in [4.69, 9.17) is 0 Å². The van der Waals surface area contributed by atoms with Crippen molar-refractivity contribution in [2.75, 3.05) is 19.6 Å². The Balaban J connectivity index is 1.44. The topological polar surface area (TPSA) is 32.3 Å². The highest BCUT2D eigenvalue weighted by Gasteiger charge is 2.47. The number of fused-ring (bicyclic) bond motifs is 3. The van der Waals surface area contributed by atoms with Gasteiger partial charge in [0.25, 0.3) is 0 Å². The van der Waals surface area contributed by atoms with Crippen LogP contribution in [0.5, 0.6) is 0 Å². The van der Waals surface area contributed by atoms with Gasteiger partial charge in [-0.3, -0.25) is 4.79 Å². The van der Waals surface area contributed by atoms with Crippen molar-refractivity contribution in [1.82, 2.24) is 10.2 Å². The van der Waals surface area contributed by atoms with Crippen LogP contribution in [0.2, 0.25) is 0 Å². The summed E-state index contributed by atoms with van der Waals surface area (Å²) < 4.78 is 0. The fourth-order valence-electron chi connectivity index (χ4n) is 4.81. The number of nitrogens with zero attached hydrogens (tertiary/aromatic N) is 1. The molecule has 1 amide bonds. The van der Waals surface area contributed by atoms with Crippen LogP contribution in [-0.4, -0.2) is 36.5 Å². The van der Waals surface area contributed by atoms with Crippen molar-refractivity contribution < 1.29 is 4.79 Å². The second kappa shape index (κ2) is 3.71. The van der Waals surface area contributed by atoms with Gasteiger partial charge >= 0.3 is 0 Å². The molecular formula is C14H22N2O. The largest absolute Gasteiger partial charge is 0.341 e. The van der Waals surface area contributed by atoms with E-state index in [1.54, 1.807) is 0 Å². The summed E-state index contributed by atoms with van der Waals surface area (Å²) in [4.78, 5) is 14.7. The zero-order valence-corrected chi connectivity index (χ0v) is 10.4. The average molecular weight is 234 g/mol. The third-order valence-corrected chi connectivity index (χ3v) is 5.73. The van der Waals surface area contributed by atoms with Crippen molar-refractivity contribution in [1.29, 1.82) is 0 Å². The van der Waals surface area contributed by atoms with Crippen molar-refractivity contribution in [3.8, 4) is 0 Å². The SMILES string of the molecule is O=C(C1CC2CCC1C2)N1C[C@H]2CCN[C@H]2C1. The minimum atomic E-state index is 0.396. The van der Waals surface area contributed by atoms with Crippen LogP contribution in [0.15, 0.2) is 0 Å². The Bertz CT molecular complexity index is 331. The maximum Gasteiger partial charge on any atom is 0.226 e. The Hall–Kier alpha value is -0.570. The zero-order valence-electron chi connectivity index (χ0n) is 10.4. The second-order valence-corrected chi connectivity index (χ2v) is 6.63. The molecule has 2 heterocycles. The third-order valence-electron chi connectivity index (χ3n) is 5.73. The van der Waals surface area contributed by atoms with Gasteiger partial charge in [0.15, 0.2) is 0 Å². The molecule has 2 bridgehead atoms. The summed E-state index contributed by atoms with van der Waals surface area (Å²) in [5.74, 6) is 3.26. The van der Waals surface area contributed by atoms with E-state index in [9.17, 15) is 4.79 Å². The molecule has 4 rings (SSSR count). The van der Waals surface area contributed by atoms with Crippen LogP contribution >= 0.6 is 0 Å². The summed E-state index contributed by atoms with van der Waals surface area (Å²) in [5, 5.41) is 3.53. The normalized spacial score (nSPS) is 47.8. The number of rotatable bonds is 1. The van der Waals surface area contributed by atoms with Crippen LogP contribution in [0.25, 0.3) is 0 Å². The van der Waals surface area contributed by atoms with E-state index in [0.717, 1.165) is 37.4 Å². The van der Waals surface area contributed by atoms with Crippen LogP contribution in [0.1, 0.15) is 32.1 Å². The van der Waals surface area contributed by atoms with Gasteiger partial charge in [-0.15, -0.1) is 0 Å². The predicted molar refractivity (Wildman–Crippen MR) is 65.4 cm³/mol. The highest BCUT2D eigenvalue weighted by atomic mass is 16.2. The first-order valence-corrected chi connectivity index (χ1v) is 7.33. The lowest BCUT2D eigenvalue weighted by Gasteiger charge is -2.26. The lowest BCUT2D eigenvalue weighted by Crippen LogP contribution is -2.39. The molecule has 17 heavy (non-hydrogen) atoms. The first-order chi connectivity index (χ1) is 8.31. The molecule has 2 aliphatic heterocycles. The number of likely N-dealkylation sites (tertiary alicyclic amines) is 1. The molecule has 0 aromatic heterocycles. The van der Waals surface area contributed by atoms with Crippen LogP contribution in [0, 0.1) is 23.7 Å². The summed E-state index contributed by atoms with van der Waals surface area (Å²) in [6, 6.07) is 0.609. The molecule has 3 heteroatoms. The molecule has 3 unspecified atom stereocenters. The Morgan fingerprint density at radius 2 is 2.00 bits per heavy atom. The van der Waals surface area contributed by atoms with E-state index in [-0.39, 0.29) is 0 Å². The van der Waals surface area contributed by atoms with Gasteiger partial charge in [-0.05, 0) is 50.0 Å². The van der Waals surface area contributed by atoms with Gasteiger partial charge in [0, 0.05) is 25.0 Å². The van der Waals surface area contributed by atoms with Gasteiger partial charge in [0.05, 0.1) is 0 Å².